The van der Waals surface area contributed by atoms with Crippen LogP contribution in [0.5, 0.6) is 0 Å². The zero-order valence-corrected chi connectivity index (χ0v) is 13.2. The average Bonchev–Trinajstić information content (AvgIpc) is 2.47. The first-order valence-corrected chi connectivity index (χ1v) is 7.65. The summed E-state index contributed by atoms with van der Waals surface area (Å²) < 4.78 is 14.0. The zero-order chi connectivity index (χ0) is 15.5. The van der Waals surface area contributed by atoms with E-state index in [2.05, 4.69) is 5.32 Å². The van der Waals surface area contributed by atoms with Gasteiger partial charge in [0.05, 0.1) is 5.41 Å². The van der Waals surface area contributed by atoms with Gasteiger partial charge in [-0.1, -0.05) is 18.2 Å². The van der Waals surface area contributed by atoms with Crippen LogP contribution in [0.25, 0.3) is 0 Å². The Morgan fingerprint density at radius 2 is 2.14 bits per heavy atom. The lowest BCUT2D eigenvalue weighted by molar-refractivity contribution is -0.138. The molecule has 116 valence electrons. The molecule has 0 aromatic heterocycles. The molecule has 0 radical (unpaired) electrons. The average molecular weight is 292 g/mol. The molecule has 1 N–H and O–H groups in total. The number of rotatable bonds is 4. The van der Waals surface area contributed by atoms with Gasteiger partial charge in [0.2, 0.25) is 5.91 Å². The number of hydrogen-bond acceptors (Lipinski definition) is 2. The largest absolute Gasteiger partial charge is 0.342 e. The molecular formula is C17H25FN2O. The van der Waals surface area contributed by atoms with E-state index in [-0.39, 0.29) is 11.7 Å². The van der Waals surface area contributed by atoms with Crippen LogP contribution in [0.15, 0.2) is 24.3 Å². The monoisotopic (exact) mass is 292 g/mol. The van der Waals surface area contributed by atoms with E-state index in [1.807, 2.05) is 25.8 Å². The fourth-order valence-electron chi connectivity index (χ4n) is 3.18. The maximum absolute atomic E-state index is 14.0. The van der Waals surface area contributed by atoms with E-state index in [4.69, 9.17) is 0 Å². The summed E-state index contributed by atoms with van der Waals surface area (Å²) in [5.41, 5.74) is -0.349. The maximum atomic E-state index is 14.0. The van der Waals surface area contributed by atoms with Crippen LogP contribution in [0.3, 0.4) is 0 Å². The molecule has 1 unspecified atom stereocenters. The molecule has 1 atom stereocenters. The number of halogens is 1. The Hall–Kier alpha value is -1.42. The molecule has 1 aromatic rings. The summed E-state index contributed by atoms with van der Waals surface area (Å²) in [4.78, 5) is 14.8. The van der Waals surface area contributed by atoms with Crippen molar-refractivity contribution in [1.29, 1.82) is 0 Å². The zero-order valence-electron chi connectivity index (χ0n) is 13.2. The lowest BCUT2D eigenvalue weighted by Crippen LogP contribution is -2.49. The molecule has 4 heteroatoms. The van der Waals surface area contributed by atoms with Crippen molar-refractivity contribution in [2.24, 2.45) is 5.92 Å². The van der Waals surface area contributed by atoms with Gasteiger partial charge in [0.25, 0.3) is 0 Å². The first-order valence-electron chi connectivity index (χ1n) is 7.65. The number of nitrogens with zero attached hydrogens (tertiary/aromatic N) is 1. The SMILES string of the molecule is CNCC1CCCN(C(=O)C(C)(C)c2ccccc2F)C1. The third kappa shape index (κ3) is 3.43. The highest BCUT2D eigenvalue weighted by Crippen LogP contribution is 2.29. The number of benzene rings is 1. The Bertz CT molecular complexity index is 499. The van der Waals surface area contributed by atoms with E-state index in [1.54, 1.807) is 18.2 Å². The normalized spacial score (nSPS) is 19.6. The summed E-state index contributed by atoms with van der Waals surface area (Å²) in [6.07, 6.45) is 2.16. The van der Waals surface area contributed by atoms with Gasteiger partial charge in [0.15, 0.2) is 0 Å². The molecule has 0 bridgehead atoms. The molecule has 2 rings (SSSR count). The predicted octanol–water partition coefficient (Wildman–Crippen LogP) is 2.56. The van der Waals surface area contributed by atoms with Crippen molar-refractivity contribution in [2.75, 3.05) is 26.7 Å². The molecule has 1 heterocycles. The molecule has 1 saturated heterocycles. The van der Waals surface area contributed by atoms with E-state index in [1.165, 1.54) is 6.07 Å². The van der Waals surface area contributed by atoms with Crippen molar-refractivity contribution in [3.63, 3.8) is 0 Å². The molecule has 1 amide bonds. The first-order chi connectivity index (χ1) is 9.96. The molecule has 3 nitrogen and oxygen atoms in total. The van der Waals surface area contributed by atoms with Gasteiger partial charge in [-0.15, -0.1) is 0 Å². The Balaban J connectivity index is 2.16. The van der Waals surface area contributed by atoms with E-state index in [0.29, 0.717) is 11.5 Å². The second-order valence-electron chi connectivity index (χ2n) is 6.42. The second-order valence-corrected chi connectivity index (χ2v) is 6.42. The molecule has 0 aliphatic carbocycles. The van der Waals surface area contributed by atoms with Gasteiger partial charge in [-0.2, -0.15) is 0 Å². The molecule has 1 fully saturated rings. The molecule has 1 aliphatic rings. The van der Waals surface area contributed by atoms with Gasteiger partial charge in [-0.3, -0.25) is 4.79 Å². The van der Waals surface area contributed by atoms with E-state index >= 15 is 0 Å². The highest BCUT2D eigenvalue weighted by molar-refractivity contribution is 5.87. The molecule has 1 aromatic carbocycles. The van der Waals surface area contributed by atoms with Crippen LogP contribution in [0.2, 0.25) is 0 Å². The van der Waals surface area contributed by atoms with Gasteiger partial charge in [0, 0.05) is 18.7 Å². The number of carbonyl (C=O) groups excluding carboxylic acids is 1. The standard InChI is InChI=1S/C17H25FN2O/c1-17(2,14-8-4-5-9-15(14)18)16(21)20-10-6-7-13(12-20)11-19-3/h4-5,8-9,13,19H,6-7,10-12H2,1-3H3. The van der Waals surface area contributed by atoms with Crippen molar-refractivity contribution in [1.82, 2.24) is 10.2 Å². The summed E-state index contributed by atoms with van der Waals surface area (Å²) in [7, 11) is 1.93. The topological polar surface area (TPSA) is 32.3 Å². The van der Waals surface area contributed by atoms with Gasteiger partial charge in [-0.05, 0) is 52.3 Å². The van der Waals surface area contributed by atoms with Gasteiger partial charge < -0.3 is 10.2 Å². The molecule has 0 saturated carbocycles. The van der Waals surface area contributed by atoms with Crippen LogP contribution in [0.4, 0.5) is 4.39 Å². The Morgan fingerprint density at radius 3 is 2.81 bits per heavy atom. The quantitative estimate of drug-likeness (QED) is 0.925. The third-order valence-corrected chi connectivity index (χ3v) is 4.38. The summed E-state index contributed by atoms with van der Waals surface area (Å²) in [5.74, 6) is 0.206. The molecule has 0 spiro atoms. The molecular weight excluding hydrogens is 267 g/mol. The van der Waals surface area contributed by atoms with Crippen LogP contribution in [-0.2, 0) is 10.2 Å². The fraction of sp³-hybridized carbons (Fsp3) is 0.588. The Labute approximate surface area is 126 Å². The van der Waals surface area contributed by atoms with E-state index in [9.17, 15) is 9.18 Å². The number of piperidine rings is 1. The number of amides is 1. The Morgan fingerprint density at radius 1 is 1.43 bits per heavy atom. The van der Waals surface area contributed by atoms with E-state index < -0.39 is 5.41 Å². The fourth-order valence-corrected chi connectivity index (χ4v) is 3.18. The number of carbonyl (C=O) groups is 1. The minimum atomic E-state index is -0.827. The summed E-state index contributed by atoms with van der Waals surface area (Å²) in [5, 5.41) is 3.18. The second kappa shape index (κ2) is 6.56. The third-order valence-electron chi connectivity index (χ3n) is 4.38. The predicted molar refractivity (Wildman–Crippen MR) is 82.7 cm³/mol. The van der Waals surface area contributed by atoms with Crippen molar-refractivity contribution < 1.29 is 9.18 Å². The van der Waals surface area contributed by atoms with Gasteiger partial charge >= 0.3 is 0 Å². The minimum absolute atomic E-state index is 0.0217. The summed E-state index contributed by atoms with van der Waals surface area (Å²) >= 11 is 0. The van der Waals surface area contributed by atoms with Crippen LogP contribution in [0, 0.1) is 11.7 Å². The van der Waals surface area contributed by atoms with Crippen LogP contribution >= 0.6 is 0 Å². The van der Waals surface area contributed by atoms with Crippen molar-refractivity contribution in [3.8, 4) is 0 Å². The van der Waals surface area contributed by atoms with Crippen LogP contribution < -0.4 is 5.32 Å². The lowest BCUT2D eigenvalue weighted by Gasteiger charge is -2.38. The summed E-state index contributed by atoms with van der Waals surface area (Å²) in [6, 6.07) is 6.57. The van der Waals surface area contributed by atoms with Gasteiger partial charge in [0.1, 0.15) is 5.82 Å². The minimum Gasteiger partial charge on any atom is -0.342 e. The first kappa shape index (κ1) is 16.0. The number of hydrogen-bond donors (Lipinski definition) is 1. The lowest BCUT2D eigenvalue weighted by atomic mass is 9.82. The van der Waals surface area contributed by atoms with Crippen LogP contribution in [-0.4, -0.2) is 37.5 Å². The number of likely N-dealkylation sites (tertiary alicyclic amines) is 1. The number of nitrogens with one attached hydrogen (secondary N) is 1. The summed E-state index contributed by atoms with van der Waals surface area (Å²) in [6.45, 7) is 6.09. The molecule has 21 heavy (non-hydrogen) atoms. The van der Waals surface area contributed by atoms with Crippen molar-refractivity contribution >= 4 is 5.91 Å². The van der Waals surface area contributed by atoms with E-state index in [0.717, 1.165) is 32.5 Å². The smallest absolute Gasteiger partial charge is 0.232 e. The maximum Gasteiger partial charge on any atom is 0.232 e. The van der Waals surface area contributed by atoms with Crippen LogP contribution in [0.1, 0.15) is 32.3 Å². The Kier molecular flexibility index (Phi) is 4.99. The highest BCUT2D eigenvalue weighted by Gasteiger charge is 2.37. The van der Waals surface area contributed by atoms with Crippen molar-refractivity contribution in [3.05, 3.63) is 35.6 Å². The van der Waals surface area contributed by atoms with Gasteiger partial charge in [-0.25, -0.2) is 4.39 Å². The van der Waals surface area contributed by atoms with Crippen molar-refractivity contribution in [2.45, 2.75) is 32.1 Å². The highest BCUT2D eigenvalue weighted by atomic mass is 19.1. The molecule has 1 aliphatic heterocycles.